The second-order valence-corrected chi connectivity index (χ2v) is 6.86. The zero-order valence-corrected chi connectivity index (χ0v) is 16.2. The van der Waals surface area contributed by atoms with E-state index in [0.29, 0.717) is 12.6 Å². The van der Waals surface area contributed by atoms with Crippen LogP contribution in [-0.2, 0) is 4.74 Å². The number of guanidine groups is 1. The van der Waals surface area contributed by atoms with Crippen LogP contribution in [0.1, 0.15) is 47.5 Å². The van der Waals surface area contributed by atoms with Crippen molar-refractivity contribution in [1.82, 2.24) is 16.0 Å². The lowest BCUT2D eigenvalue weighted by atomic mass is 10.1. The molecule has 1 aliphatic rings. The summed E-state index contributed by atoms with van der Waals surface area (Å²) in [6, 6.07) is 0.545. The van der Waals surface area contributed by atoms with E-state index in [2.05, 4.69) is 20.9 Å². The Bertz CT molecular complexity index is 374. The summed E-state index contributed by atoms with van der Waals surface area (Å²) in [4.78, 5) is 15.9. The molecule has 6 nitrogen and oxygen atoms in total. The Kier molecular flexibility index (Phi) is 7.77. The lowest BCUT2D eigenvalue weighted by Crippen LogP contribution is -2.54. The minimum Gasteiger partial charge on any atom is -0.444 e. The van der Waals surface area contributed by atoms with Crippen LogP contribution in [0.3, 0.4) is 0 Å². The number of aliphatic imine (C=N–C) groups is 1. The molecule has 1 amide bonds. The average Bonchev–Trinajstić information content (AvgIpc) is 3.04. The van der Waals surface area contributed by atoms with Gasteiger partial charge < -0.3 is 20.7 Å². The second-order valence-electron chi connectivity index (χ2n) is 6.86. The van der Waals surface area contributed by atoms with Crippen LogP contribution in [0.5, 0.6) is 0 Å². The van der Waals surface area contributed by atoms with E-state index in [-0.39, 0.29) is 24.0 Å². The van der Waals surface area contributed by atoms with E-state index >= 15 is 0 Å². The van der Waals surface area contributed by atoms with Gasteiger partial charge in [0, 0.05) is 19.6 Å². The highest BCUT2D eigenvalue weighted by atomic mass is 127. The van der Waals surface area contributed by atoms with Gasteiger partial charge in [0.2, 0.25) is 0 Å². The first-order valence-electron chi connectivity index (χ1n) is 7.10. The highest BCUT2D eigenvalue weighted by Crippen LogP contribution is 2.18. The molecule has 1 fully saturated rings. The van der Waals surface area contributed by atoms with Gasteiger partial charge >= 0.3 is 6.09 Å². The normalized spacial score (nSPS) is 15.8. The number of amides is 1. The number of hydrogen-bond donors (Lipinski definition) is 3. The Morgan fingerprint density at radius 2 is 1.81 bits per heavy atom. The molecular weight excluding hydrogens is 383 g/mol. The first kappa shape index (κ1) is 20.3. The summed E-state index contributed by atoms with van der Waals surface area (Å²) in [7, 11) is 1.74. The van der Waals surface area contributed by atoms with Gasteiger partial charge in [-0.05, 0) is 47.5 Å². The molecule has 0 saturated heterocycles. The van der Waals surface area contributed by atoms with Crippen LogP contribution < -0.4 is 16.0 Å². The number of nitrogens with one attached hydrogen (secondary N) is 3. The number of ether oxygens (including phenoxy) is 1. The topological polar surface area (TPSA) is 74.8 Å². The molecule has 0 aromatic heterocycles. The van der Waals surface area contributed by atoms with Gasteiger partial charge in [-0.2, -0.15) is 0 Å². The largest absolute Gasteiger partial charge is 0.444 e. The molecule has 0 heterocycles. The van der Waals surface area contributed by atoms with Crippen molar-refractivity contribution >= 4 is 36.0 Å². The molecule has 21 heavy (non-hydrogen) atoms. The minimum absolute atomic E-state index is 0. The molecule has 1 rings (SSSR count). The van der Waals surface area contributed by atoms with Crippen molar-refractivity contribution in [3.8, 4) is 0 Å². The number of halogens is 1. The molecule has 1 aliphatic carbocycles. The molecule has 0 unspecified atom stereocenters. The van der Waals surface area contributed by atoms with E-state index in [1.807, 2.05) is 34.6 Å². The molecule has 0 spiro atoms. The molecule has 0 atom stereocenters. The van der Waals surface area contributed by atoms with Crippen LogP contribution in [-0.4, -0.2) is 42.8 Å². The van der Waals surface area contributed by atoms with Gasteiger partial charge in [-0.3, -0.25) is 4.99 Å². The molecule has 1 saturated carbocycles. The lowest BCUT2D eigenvalue weighted by Gasteiger charge is -2.29. The summed E-state index contributed by atoms with van der Waals surface area (Å²) in [5.74, 6) is 0.770. The Balaban J connectivity index is 0.00000400. The lowest BCUT2D eigenvalue weighted by molar-refractivity contribution is 0.0474. The third-order valence-corrected chi connectivity index (χ3v) is 2.68. The predicted octanol–water partition coefficient (Wildman–Crippen LogP) is 2.24. The van der Waals surface area contributed by atoms with Gasteiger partial charge in [0.1, 0.15) is 5.60 Å². The van der Waals surface area contributed by atoms with Gasteiger partial charge in [0.15, 0.2) is 5.96 Å². The van der Waals surface area contributed by atoms with Gasteiger partial charge in [-0.15, -0.1) is 24.0 Å². The molecule has 0 radical (unpaired) electrons. The van der Waals surface area contributed by atoms with Gasteiger partial charge in [-0.1, -0.05) is 0 Å². The van der Waals surface area contributed by atoms with Crippen LogP contribution >= 0.6 is 24.0 Å². The van der Waals surface area contributed by atoms with Crippen LogP contribution in [0, 0.1) is 0 Å². The molecule has 3 N–H and O–H groups in total. The first-order valence-corrected chi connectivity index (χ1v) is 7.10. The molecule has 0 aromatic carbocycles. The zero-order chi connectivity index (χ0) is 15.4. The SMILES string of the molecule is CN=C(NCC(C)(C)NC(=O)OC(C)(C)C)NC1CC1.I. The minimum atomic E-state index is -0.489. The fraction of sp³-hybridized carbons (Fsp3) is 0.857. The third-order valence-electron chi connectivity index (χ3n) is 2.68. The van der Waals surface area contributed by atoms with Crippen molar-refractivity contribution in [2.45, 2.75) is 64.6 Å². The van der Waals surface area contributed by atoms with Crippen molar-refractivity contribution in [3.05, 3.63) is 0 Å². The summed E-state index contributed by atoms with van der Waals surface area (Å²) in [5.41, 5.74) is -0.916. The summed E-state index contributed by atoms with van der Waals surface area (Å²) in [6.07, 6.45) is 1.98. The van der Waals surface area contributed by atoms with Crippen LogP contribution in [0.25, 0.3) is 0 Å². The van der Waals surface area contributed by atoms with Crippen molar-refractivity contribution in [3.63, 3.8) is 0 Å². The number of carbonyl (C=O) groups excluding carboxylic acids is 1. The molecule has 0 aromatic rings. The quantitative estimate of drug-likeness (QED) is 0.376. The van der Waals surface area contributed by atoms with Crippen molar-refractivity contribution in [2.75, 3.05) is 13.6 Å². The maximum atomic E-state index is 11.8. The Hall–Kier alpha value is -0.730. The first-order chi connectivity index (χ1) is 9.11. The van der Waals surface area contributed by atoms with E-state index in [1.165, 1.54) is 12.8 Å². The van der Waals surface area contributed by atoms with Crippen LogP contribution in [0.4, 0.5) is 4.79 Å². The molecule has 0 bridgehead atoms. The number of rotatable bonds is 4. The Labute approximate surface area is 144 Å². The molecule has 124 valence electrons. The monoisotopic (exact) mass is 412 g/mol. The smallest absolute Gasteiger partial charge is 0.408 e. The number of alkyl carbamates (subject to hydrolysis) is 1. The molecule has 0 aliphatic heterocycles. The van der Waals surface area contributed by atoms with E-state index in [1.54, 1.807) is 7.05 Å². The van der Waals surface area contributed by atoms with E-state index in [4.69, 9.17) is 4.74 Å². The van der Waals surface area contributed by atoms with E-state index in [0.717, 1.165) is 5.96 Å². The Morgan fingerprint density at radius 3 is 2.24 bits per heavy atom. The van der Waals surface area contributed by atoms with Gasteiger partial charge in [0.05, 0.1) is 5.54 Å². The highest BCUT2D eigenvalue weighted by molar-refractivity contribution is 14.0. The van der Waals surface area contributed by atoms with Crippen LogP contribution in [0.15, 0.2) is 4.99 Å². The number of hydrogen-bond acceptors (Lipinski definition) is 3. The van der Waals surface area contributed by atoms with E-state index < -0.39 is 17.2 Å². The fourth-order valence-electron chi connectivity index (χ4n) is 1.54. The third kappa shape index (κ3) is 9.76. The summed E-state index contributed by atoms with van der Waals surface area (Å²) in [5, 5.41) is 9.37. The molecular formula is C14H29IN4O2. The number of nitrogens with zero attached hydrogens (tertiary/aromatic N) is 1. The maximum Gasteiger partial charge on any atom is 0.408 e. The summed E-state index contributed by atoms with van der Waals surface area (Å²) in [6.45, 7) is 9.99. The Morgan fingerprint density at radius 1 is 1.24 bits per heavy atom. The summed E-state index contributed by atoms with van der Waals surface area (Å²) < 4.78 is 5.26. The predicted molar refractivity (Wildman–Crippen MR) is 96.4 cm³/mol. The maximum absolute atomic E-state index is 11.8. The van der Waals surface area contributed by atoms with Crippen molar-refractivity contribution in [1.29, 1.82) is 0 Å². The summed E-state index contributed by atoms with van der Waals surface area (Å²) >= 11 is 0. The second kappa shape index (κ2) is 8.05. The van der Waals surface area contributed by atoms with Crippen molar-refractivity contribution < 1.29 is 9.53 Å². The van der Waals surface area contributed by atoms with Crippen molar-refractivity contribution in [2.24, 2.45) is 4.99 Å². The highest BCUT2D eigenvalue weighted by Gasteiger charge is 2.26. The molecule has 7 heteroatoms. The number of carbonyl (C=O) groups is 1. The fourth-order valence-corrected chi connectivity index (χ4v) is 1.54. The zero-order valence-electron chi connectivity index (χ0n) is 13.9. The van der Waals surface area contributed by atoms with E-state index in [9.17, 15) is 4.79 Å². The average molecular weight is 412 g/mol. The van der Waals surface area contributed by atoms with Gasteiger partial charge in [0.25, 0.3) is 0 Å². The van der Waals surface area contributed by atoms with Crippen LogP contribution in [0.2, 0.25) is 0 Å². The standard InChI is InChI=1S/C14H28N4O2.HI/c1-13(2,3)20-12(19)18-14(4,5)9-16-11(15-6)17-10-7-8-10;/h10H,7-9H2,1-6H3,(H,18,19)(H2,15,16,17);1H. The van der Waals surface area contributed by atoms with Gasteiger partial charge in [-0.25, -0.2) is 4.79 Å².